The van der Waals surface area contributed by atoms with Crippen LogP contribution in [-0.2, 0) is 6.42 Å². The van der Waals surface area contributed by atoms with E-state index in [9.17, 15) is 0 Å². The second-order valence-corrected chi connectivity index (χ2v) is 5.69. The molecule has 6 heteroatoms. The number of hydrogen-bond acceptors (Lipinski definition) is 3. The SMILES string of the molecule is CC(C)Oc1cc(Cc2nc(Cl)ncc2Cl)ccc1Cl. The molecule has 0 N–H and O–H groups in total. The average molecular weight is 332 g/mol. The van der Waals surface area contributed by atoms with Crippen LogP contribution in [-0.4, -0.2) is 16.1 Å². The molecule has 0 fully saturated rings. The summed E-state index contributed by atoms with van der Waals surface area (Å²) in [6, 6.07) is 5.59. The van der Waals surface area contributed by atoms with Crippen molar-refractivity contribution in [2.24, 2.45) is 0 Å². The van der Waals surface area contributed by atoms with Gasteiger partial charge in [0, 0.05) is 6.42 Å². The molecule has 0 unspecified atom stereocenters. The van der Waals surface area contributed by atoms with Crippen LogP contribution < -0.4 is 4.74 Å². The minimum Gasteiger partial charge on any atom is -0.489 e. The number of benzene rings is 1. The molecule has 0 aliphatic rings. The second-order valence-electron chi connectivity index (χ2n) is 4.54. The number of halogens is 3. The van der Waals surface area contributed by atoms with Gasteiger partial charge in [-0.2, -0.15) is 0 Å². The number of rotatable bonds is 4. The summed E-state index contributed by atoms with van der Waals surface area (Å²) in [5.74, 6) is 0.649. The van der Waals surface area contributed by atoms with Crippen molar-refractivity contribution < 1.29 is 4.74 Å². The summed E-state index contributed by atoms with van der Waals surface area (Å²) in [6.07, 6.45) is 2.08. The third-order valence-corrected chi connectivity index (χ3v) is 3.33. The lowest BCUT2D eigenvalue weighted by molar-refractivity contribution is 0.242. The van der Waals surface area contributed by atoms with E-state index in [0.717, 1.165) is 5.56 Å². The van der Waals surface area contributed by atoms with Crippen molar-refractivity contribution in [3.63, 3.8) is 0 Å². The predicted molar refractivity (Wildman–Crippen MR) is 82.1 cm³/mol. The van der Waals surface area contributed by atoms with Gasteiger partial charge in [-0.1, -0.05) is 29.3 Å². The van der Waals surface area contributed by atoms with E-state index in [4.69, 9.17) is 39.5 Å². The third kappa shape index (κ3) is 3.98. The van der Waals surface area contributed by atoms with Gasteiger partial charge in [0.25, 0.3) is 0 Å². The fourth-order valence-electron chi connectivity index (χ4n) is 1.70. The maximum Gasteiger partial charge on any atom is 0.222 e. The molecule has 1 heterocycles. The number of nitrogens with zero attached hydrogens (tertiary/aromatic N) is 2. The van der Waals surface area contributed by atoms with E-state index in [2.05, 4.69) is 9.97 Å². The summed E-state index contributed by atoms with van der Waals surface area (Å²) in [6.45, 7) is 3.90. The molecule has 20 heavy (non-hydrogen) atoms. The first kappa shape index (κ1) is 15.4. The first-order chi connectivity index (χ1) is 9.45. The van der Waals surface area contributed by atoms with Gasteiger partial charge in [-0.25, -0.2) is 9.97 Å². The summed E-state index contributed by atoms with van der Waals surface area (Å²) < 4.78 is 5.65. The Morgan fingerprint density at radius 2 is 1.90 bits per heavy atom. The van der Waals surface area contributed by atoms with Crippen molar-refractivity contribution in [2.45, 2.75) is 26.4 Å². The van der Waals surface area contributed by atoms with Gasteiger partial charge in [-0.3, -0.25) is 0 Å². The number of ether oxygens (including phenoxy) is 1. The van der Waals surface area contributed by atoms with Crippen molar-refractivity contribution in [1.29, 1.82) is 0 Å². The second kappa shape index (κ2) is 6.61. The highest BCUT2D eigenvalue weighted by molar-refractivity contribution is 6.32. The first-order valence-corrected chi connectivity index (χ1v) is 7.21. The van der Waals surface area contributed by atoms with E-state index >= 15 is 0 Å². The van der Waals surface area contributed by atoms with Gasteiger partial charge in [-0.05, 0) is 43.1 Å². The summed E-state index contributed by atoms with van der Waals surface area (Å²) in [7, 11) is 0. The monoisotopic (exact) mass is 330 g/mol. The molecule has 0 aliphatic heterocycles. The summed E-state index contributed by atoms with van der Waals surface area (Å²) in [4.78, 5) is 7.96. The highest BCUT2D eigenvalue weighted by Crippen LogP contribution is 2.28. The quantitative estimate of drug-likeness (QED) is 0.754. The van der Waals surface area contributed by atoms with E-state index in [1.54, 1.807) is 6.07 Å². The van der Waals surface area contributed by atoms with Crippen molar-refractivity contribution >= 4 is 34.8 Å². The van der Waals surface area contributed by atoms with Crippen LogP contribution in [0.5, 0.6) is 5.75 Å². The predicted octanol–water partition coefficient (Wildman–Crippen LogP) is 4.81. The van der Waals surface area contributed by atoms with E-state index < -0.39 is 0 Å². The molecule has 0 saturated carbocycles. The lowest BCUT2D eigenvalue weighted by Crippen LogP contribution is -2.06. The zero-order chi connectivity index (χ0) is 14.7. The summed E-state index contributed by atoms with van der Waals surface area (Å²) in [5.41, 5.74) is 1.66. The molecule has 1 aromatic heterocycles. The molecule has 0 atom stereocenters. The molecule has 1 aromatic carbocycles. The normalized spacial score (nSPS) is 10.9. The van der Waals surface area contributed by atoms with E-state index in [1.807, 2.05) is 26.0 Å². The Balaban J connectivity index is 2.27. The van der Waals surface area contributed by atoms with Gasteiger partial charge >= 0.3 is 0 Å². The molecule has 0 aliphatic carbocycles. The molecule has 3 nitrogen and oxygen atoms in total. The lowest BCUT2D eigenvalue weighted by Gasteiger charge is -2.13. The maximum atomic E-state index is 6.10. The summed E-state index contributed by atoms with van der Waals surface area (Å²) >= 11 is 17.9. The third-order valence-electron chi connectivity index (χ3n) is 2.52. The van der Waals surface area contributed by atoms with Gasteiger partial charge in [0.15, 0.2) is 0 Å². The van der Waals surface area contributed by atoms with Crippen LogP contribution in [0.25, 0.3) is 0 Å². The van der Waals surface area contributed by atoms with E-state index in [1.165, 1.54) is 6.20 Å². The maximum absolute atomic E-state index is 6.10. The molecule has 2 aromatic rings. The Labute approximate surface area is 132 Å². The van der Waals surface area contributed by atoms with Crippen LogP contribution in [0, 0.1) is 0 Å². The molecule has 0 amide bonds. The Bertz CT molecular complexity index is 617. The number of aromatic nitrogens is 2. The van der Waals surface area contributed by atoms with Crippen molar-refractivity contribution in [3.8, 4) is 5.75 Å². The fraction of sp³-hybridized carbons (Fsp3) is 0.286. The topological polar surface area (TPSA) is 35.0 Å². The Morgan fingerprint density at radius 3 is 2.60 bits per heavy atom. The fourth-order valence-corrected chi connectivity index (χ4v) is 2.17. The van der Waals surface area contributed by atoms with Gasteiger partial charge in [0.2, 0.25) is 5.28 Å². The van der Waals surface area contributed by atoms with Crippen LogP contribution in [0.3, 0.4) is 0 Å². The molecule has 0 saturated heterocycles. The zero-order valence-electron chi connectivity index (χ0n) is 11.0. The molecular weight excluding hydrogens is 319 g/mol. The minimum atomic E-state index is 0.0554. The van der Waals surface area contributed by atoms with Crippen LogP contribution in [0.4, 0.5) is 0 Å². The van der Waals surface area contributed by atoms with Gasteiger partial charge < -0.3 is 4.74 Å². The van der Waals surface area contributed by atoms with Crippen molar-refractivity contribution in [3.05, 3.63) is 51.0 Å². The largest absolute Gasteiger partial charge is 0.489 e. The lowest BCUT2D eigenvalue weighted by atomic mass is 10.1. The van der Waals surface area contributed by atoms with Gasteiger partial charge in [-0.15, -0.1) is 0 Å². The Hall–Kier alpha value is -1.03. The molecule has 106 valence electrons. The van der Waals surface area contributed by atoms with Crippen LogP contribution >= 0.6 is 34.8 Å². The minimum absolute atomic E-state index is 0.0554. The molecule has 0 spiro atoms. The van der Waals surface area contributed by atoms with Crippen molar-refractivity contribution in [1.82, 2.24) is 9.97 Å². The average Bonchev–Trinajstić information content (AvgIpc) is 2.37. The summed E-state index contributed by atoms with van der Waals surface area (Å²) in [5, 5.41) is 1.24. The van der Waals surface area contributed by atoms with Crippen LogP contribution in [0.1, 0.15) is 25.1 Å². The zero-order valence-corrected chi connectivity index (χ0v) is 13.3. The first-order valence-electron chi connectivity index (χ1n) is 6.07. The van der Waals surface area contributed by atoms with Crippen molar-refractivity contribution in [2.75, 3.05) is 0 Å². The number of hydrogen-bond donors (Lipinski definition) is 0. The Morgan fingerprint density at radius 1 is 1.15 bits per heavy atom. The smallest absolute Gasteiger partial charge is 0.222 e. The molecule has 0 bridgehead atoms. The highest BCUT2D eigenvalue weighted by Gasteiger charge is 2.09. The van der Waals surface area contributed by atoms with Gasteiger partial charge in [0.1, 0.15) is 5.75 Å². The standard InChI is InChI=1S/C14H13Cl3N2O/c1-8(2)20-13-6-9(3-4-10(13)15)5-12-11(16)7-18-14(17)19-12/h3-4,6-8H,5H2,1-2H3. The Kier molecular flexibility index (Phi) is 5.08. The van der Waals surface area contributed by atoms with E-state index in [-0.39, 0.29) is 11.4 Å². The molecular formula is C14H13Cl3N2O. The highest BCUT2D eigenvalue weighted by atomic mass is 35.5. The van der Waals surface area contributed by atoms with E-state index in [0.29, 0.717) is 27.9 Å². The van der Waals surface area contributed by atoms with Crippen LogP contribution in [0.15, 0.2) is 24.4 Å². The molecule has 0 radical (unpaired) electrons. The van der Waals surface area contributed by atoms with Gasteiger partial charge in [0.05, 0.1) is 28.0 Å². The van der Waals surface area contributed by atoms with Crippen LogP contribution in [0.2, 0.25) is 15.3 Å². The molecule has 2 rings (SSSR count).